The van der Waals surface area contributed by atoms with Gasteiger partial charge in [0.1, 0.15) is 11.6 Å². The van der Waals surface area contributed by atoms with Crippen molar-refractivity contribution in [2.75, 3.05) is 0 Å². The standard InChI is InChI=1S/C12H10FN3O2S/c1-8(6-14)19-12-16-15-11(18-12)7-17-10-4-2-9(13)3-5-10/h2-5,8H,7H2,1H3. The lowest BCUT2D eigenvalue weighted by atomic mass is 10.3. The predicted octanol–water partition coefficient (Wildman–Crippen LogP) is 2.79. The van der Waals surface area contributed by atoms with Gasteiger partial charge in [0.25, 0.3) is 11.1 Å². The second kappa shape index (κ2) is 6.20. The van der Waals surface area contributed by atoms with E-state index in [1.807, 2.05) is 0 Å². The number of thioether (sulfide) groups is 1. The molecule has 0 aliphatic heterocycles. The first-order valence-corrected chi connectivity index (χ1v) is 6.32. The molecule has 0 spiro atoms. The van der Waals surface area contributed by atoms with Gasteiger partial charge in [-0.2, -0.15) is 5.26 Å². The minimum Gasteiger partial charge on any atom is -0.484 e. The van der Waals surface area contributed by atoms with Gasteiger partial charge in [-0.25, -0.2) is 4.39 Å². The largest absolute Gasteiger partial charge is 0.484 e. The maximum atomic E-state index is 12.7. The lowest BCUT2D eigenvalue weighted by Gasteiger charge is -2.02. The molecular weight excluding hydrogens is 269 g/mol. The molecule has 0 aliphatic rings. The third-order valence-electron chi connectivity index (χ3n) is 2.08. The minimum atomic E-state index is -0.325. The topological polar surface area (TPSA) is 71.9 Å². The van der Waals surface area contributed by atoms with Crippen LogP contribution in [0, 0.1) is 17.1 Å². The van der Waals surface area contributed by atoms with E-state index in [2.05, 4.69) is 16.3 Å². The number of ether oxygens (including phenoxy) is 1. The molecule has 2 rings (SSSR count). The summed E-state index contributed by atoms with van der Waals surface area (Å²) in [6.07, 6.45) is 0. The molecule has 0 radical (unpaired) electrons. The van der Waals surface area contributed by atoms with Gasteiger partial charge in [0.15, 0.2) is 6.61 Å². The molecule has 0 saturated heterocycles. The van der Waals surface area contributed by atoms with E-state index in [9.17, 15) is 4.39 Å². The van der Waals surface area contributed by atoms with Gasteiger partial charge < -0.3 is 9.15 Å². The Morgan fingerprint density at radius 3 is 2.84 bits per heavy atom. The van der Waals surface area contributed by atoms with Crippen molar-refractivity contribution in [3.8, 4) is 11.8 Å². The van der Waals surface area contributed by atoms with E-state index >= 15 is 0 Å². The number of halogens is 1. The fourth-order valence-electron chi connectivity index (χ4n) is 1.20. The second-order valence-electron chi connectivity index (χ2n) is 3.59. The molecule has 0 aliphatic carbocycles. The molecule has 0 bridgehead atoms. The summed E-state index contributed by atoms with van der Waals surface area (Å²) in [6.45, 7) is 1.84. The zero-order chi connectivity index (χ0) is 13.7. The van der Waals surface area contributed by atoms with Crippen LogP contribution in [-0.2, 0) is 6.61 Å². The summed E-state index contributed by atoms with van der Waals surface area (Å²) in [7, 11) is 0. The third kappa shape index (κ3) is 3.96. The Balaban J connectivity index is 1.90. The summed E-state index contributed by atoms with van der Waals surface area (Å²) < 4.78 is 23.3. The van der Waals surface area contributed by atoms with E-state index in [0.29, 0.717) is 16.9 Å². The molecule has 0 N–H and O–H groups in total. The Morgan fingerprint density at radius 1 is 1.42 bits per heavy atom. The summed E-state index contributed by atoms with van der Waals surface area (Å²) in [6, 6.07) is 7.69. The van der Waals surface area contributed by atoms with Crippen molar-refractivity contribution in [1.82, 2.24) is 10.2 Å². The molecule has 1 aromatic heterocycles. The van der Waals surface area contributed by atoms with E-state index in [-0.39, 0.29) is 17.7 Å². The Labute approximate surface area is 113 Å². The summed E-state index contributed by atoms with van der Waals surface area (Å²) in [5.74, 6) is 0.491. The highest BCUT2D eigenvalue weighted by Gasteiger charge is 2.11. The van der Waals surface area contributed by atoms with Crippen molar-refractivity contribution in [2.45, 2.75) is 24.0 Å². The minimum absolute atomic E-state index is 0.0973. The van der Waals surface area contributed by atoms with E-state index in [4.69, 9.17) is 14.4 Å². The monoisotopic (exact) mass is 279 g/mol. The van der Waals surface area contributed by atoms with E-state index < -0.39 is 0 Å². The first kappa shape index (κ1) is 13.4. The molecule has 1 unspecified atom stereocenters. The highest BCUT2D eigenvalue weighted by molar-refractivity contribution is 7.99. The smallest absolute Gasteiger partial charge is 0.277 e. The normalized spacial score (nSPS) is 11.8. The Hall–Kier alpha value is -2.07. The highest BCUT2D eigenvalue weighted by atomic mass is 32.2. The van der Waals surface area contributed by atoms with Gasteiger partial charge in [0, 0.05) is 0 Å². The summed E-state index contributed by atoms with van der Waals surface area (Å²) in [5, 5.41) is 16.3. The van der Waals surface area contributed by atoms with Crippen LogP contribution in [0.3, 0.4) is 0 Å². The molecular formula is C12H10FN3O2S. The molecule has 19 heavy (non-hydrogen) atoms. The first-order valence-electron chi connectivity index (χ1n) is 5.44. The third-order valence-corrected chi connectivity index (χ3v) is 2.91. The summed E-state index contributed by atoms with van der Waals surface area (Å²) in [5.41, 5.74) is 0. The van der Waals surface area contributed by atoms with Crippen LogP contribution in [-0.4, -0.2) is 15.4 Å². The molecule has 1 aromatic carbocycles. The molecule has 5 nitrogen and oxygen atoms in total. The molecule has 98 valence electrons. The van der Waals surface area contributed by atoms with Crippen molar-refractivity contribution >= 4 is 11.8 Å². The molecule has 1 atom stereocenters. The number of aromatic nitrogens is 2. The van der Waals surface area contributed by atoms with Crippen molar-refractivity contribution in [1.29, 1.82) is 5.26 Å². The number of benzene rings is 1. The number of nitrogens with zero attached hydrogens (tertiary/aromatic N) is 3. The highest BCUT2D eigenvalue weighted by Crippen LogP contribution is 2.21. The predicted molar refractivity (Wildman–Crippen MR) is 66.0 cm³/mol. The summed E-state index contributed by atoms with van der Waals surface area (Å²) in [4.78, 5) is 0. The Morgan fingerprint density at radius 2 is 2.16 bits per heavy atom. The number of rotatable bonds is 5. The fourth-order valence-corrected chi connectivity index (χ4v) is 1.79. The van der Waals surface area contributed by atoms with Gasteiger partial charge >= 0.3 is 0 Å². The van der Waals surface area contributed by atoms with Crippen molar-refractivity contribution in [2.24, 2.45) is 0 Å². The van der Waals surface area contributed by atoms with Gasteiger partial charge in [0.05, 0.1) is 11.3 Å². The average Bonchev–Trinajstić information content (AvgIpc) is 2.85. The van der Waals surface area contributed by atoms with Crippen LogP contribution < -0.4 is 4.74 Å². The van der Waals surface area contributed by atoms with Crippen LogP contribution >= 0.6 is 11.8 Å². The van der Waals surface area contributed by atoms with E-state index in [1.165, 1.54) is 36.0 Å². The lowest BCUT2D eigenvalue weighted by Crippen LogP contribution is -1.95. The molecule has 1 heterocycles. The Bertz CT molecular complexity index is 579. The SMILES string of the molecule is CC(C#N)Sc1nnc(COc2ccc(F)cc2)o1. The van der Waals surface area contributed by atoms with E-state index in [1.54, 1.807) is 6.92 Å². The van der Waals surface area contributed by atoms with Gasteiger partial charge in [-0.15, -0.1) is 10.2 Å². The summed E-state index contributed by atoms with van der Waals surface area (Å²) >= 11 is 1.18. The maximum Gasteiger partial charge on any atom is 0.277 e. The fraction of sp³-hybridized carbons (Fsp3) is 0.250. The van der Waals surface area contributed by atoms with Gasteiger partial charge in [-0.05, 0) is 43.0 Å². The van der Waals surface area contributed by atoms with Crippen molar-refractivity contribution < 1.29 is 13.5 Å². The van der Waals surface area contributed by atoms with Gasteiger partial charge in [-0.3, -0.25) is 0 Å². The van der Waals surface area contributed by atoms with Gasteiger partial charge in [-0.1, -0.05) is 0 Å². The second-order valence-corrected chi connectivity index (χ2v) is 4.89. The van der Waals surface area contributed by atoms with E-state index in [0.717, 1.165) is 0 Å². The van der Waals surface area contributed by atoms with Crippen LogP contribution in [0.4, 0.5) is 4.39 Å². The van der Waals surface area contributed by atoms with Crippen LogP contribution in [0.2, 0.25) is 0 Å². The molecule has 7 heteroatoms. The van der Waals surface area contributed by atoms with Crippen LogP contribution in [0.1, 0.15) is 12.8 Å². The molecule has 2 aromatic rings. The lowest BCUT2D eigenvalue weighted by molar-refractivity contribution is 0.252. The number of nitriles is 1. The number of hydrogen-bond acceptors (Lipinski definition) is 6. The zero-order valence-electron chi connectivity index (χ0n) is 10.0. The Kier molecular flexibility index (Phi) is 4.36. The van der Waals surface area contributed by atoms with Crippen molar-refractivity contribution in [3.05, 3.63) is 36.0 Å². The number of hydrogen-bond donors (Lipinski definition) is 0. The average molecular weight is 279 g/mol. The zero-order valence-corrected chi connectivity index (χ0v) is 10.9. The first-order chi connectivity index (χ1) is 9.17. The molecule has 0 saturated carbocycles. The quantitative estimate of drug-likeness (QED) is 0.784. The van der Waals surface area contributed by atoms with Gasteiger partial charge in [0.2, 0.25) is 0 Å². The molecule has 0 amide bonds. The molecule has 0 fully saturated rings. The van der Waals surface area contributed by atoms with Crippen molar-refractivity contribution in [3.63, 3.8) is 0 Å². The van der Waals surface area contributed by atoms with Crippen LogP contribution in [0.5, 0.6) is 5.75 Å². The maximum absolute atomic E-state index is 12.7. The van der Waals surface area contributed by atoms with Crippen LogP contribution in [0.25, 0.3) is 0 Å². The van der Waals surface area contributed by atoms with Crippen LogP contribution in [0.15, 0.2) is 33.9 Å².